The number of hydrogen-bond acceptors (Lipinski definition) is 3. The van der Waals surface area contributed by atoms with Gasteiger partial charge in [0.1, 0.15) is 0 Å². The van der Waals surface area contributed by atoms with Crippen LogP contribution in [-0.2, 0) is 11.3 Å². The van der Waals surface area contributed by atoms with Gasteiger partial charge in [-0.05, 0) is 43.5 Å². The van der Waals surface area contributed by atoms with Crippen molar-refractivity contribution in [1.82, 2.24) is 10.2 Å². The molecule has 110 valence electrons. The van der Waals surface area contributed by atoms with E-state index in [1.807, 2.05) is 30.3 Å². The molecule has 0 saturated carbocycles. The zero-order valence-corrected chi connectivity index (χ0v) is 12.3. The van der Waals surface area contributed by atoms with E-state index in [4.69, 9.17) is 5.73 Å². The summed E-state index contributed by atoms with van der Waals surface area (Å²) in [4.78, 5) is 14.2. The predicted molar refractivity (Wildman–Crippen MR) is 81.1 cm³/mol. The van der Waals surface area contributed by atoms with Crippen LogP contribution in [0.25, 0.3) is 0 Å². The third-order valence-electron chi connectivity index (χ3n) is 4.26. The van der Waals surface area contributed by atoms with Gasteiger partial charge in [0.15, 0.2) is 0 Å². The Morgan fingerprint density at radius 2 is 1.95 bits per heavy atom. The van der Waals surface area contributed by atoms with Crippen LogP contribution in [0.3, 0.4) is 0 Å². The van der Waals surface area contributed by atoms with Gasteiger partial charge in [0.2, 0.25) is 5.91 Å². The number of hydrogen-bond donors (Lipinski definition) is 2. The molecule has 1 aliphatic heterocycles. The molecule has 0 unspecified atom stereocenters. The minimum Gasteiger partial charge on any atom is -0.351 e. The Morgan fingerprint density at radius 1 is 1.30 bits per heavy atom. The highest BCUT2D eigenvalue weighted by molar-refractivity contribution is 5.78. The third kappa shape index (κ3) is 4.32. The van der Waals surface area contributed by atoms with E-state index in [0.29, 0.717) is 13.1 Å². The summed E-state index contributed by atoms with van der Waals surface area (Å²) in [5, 5.41) is 2.98. The number of rotatable bonds is 5. The summed E-state index contributed by atoms with van der Waals surface area (Å²) in [6, 6.07) is 9.99. The van der Waals surface area contributed by atoms with E-state index in [1.165, 1.54) is 0 Å². The quantitative estimate of drug-likeness (QED) is 0.853. The van der Waals surface area contributed by atoms with Crippen molar-refractivity contribution in [2.75, 3.05) is 26.2 Å². The maximum absolute atomic E-state index is 11.9. The van der Waals surface area contributed by atoms with Gasteiger partial charge in [-0.3, -0.25) is 9.69 Å². The smallest absolute Gasteiger partial charge is 0.234 e. The van der Waals surface area contributed by atoms with Crippen molar-refractivity contribution < 1.29 is 4.79 Å². The summed E-state index contributed by atoms with van der Waals surface area (Å²) in [5.41, 5.74) is 7.19. The number of amides is 1. The van der Waals surface area contributed by atoms with Crippen LogP contribution in [-0.4, -0.2) is 37.0 Å². The Hall–Kier alpha value is -1.39. The fourth-order valence-electron chi connectivity index (χ4n) is 2.51. The van der Waals surface area contributed by atoms with Gasteiger partial charge in [0.25, 0.3) is 0 Å². The first kappa shape index (κ1) is 15.0. The highest BCUT2D eigenvalue weighted by Crippen LogP contribution is 2.29. The van der Waals surface area contributed by atoms with Crippen molar-refractivity contribution in [1.29, 1.82) is 0 Å². The van der Waals surface area contributed by atoms with Crippen molar-refractivity contribution >= 4 is 5.91 Å². The van der Waals surface area contributed by atoms with Gasteiger partial charge in [-0.1, -0.05) is 37.3 Å². The average Bonchev–Trinajstić information content (AvgIpc) is 2.49. The number of likely N-dealkylation sites (tertiary alicyclic amines) is 1. The number of nitrogens with two attached hydrogens (primary N) is 1. The third-order valence-corrected chi connectivity index (χ3v) is 4.26. The topological polar surface area (TPSA) is 58.4 Å². The maximum atomic E-state index is 11.9. The van der Waals surface area contributed by atoms with Gasteiger partial charge in [0, 0.05) is 6.54 Å². The molecule has 0 atom stereocenters. The summed E-state index contributed by atoms with van der Waals surface area (Å²) in [5.74, 6) is 0.102. The first-order valence-corrected chi connectivity index (χ1v) is 7.34. The lowest BCUT2D eigenvalue weighted by molar-refractivity contribution is -0.122. The first-order valence-electron chi connectivity index (χ1n) is 7.34. The zero-order valence-electron chi connectivity index (χ0n) is 12.3. The minimum atomic E-state index is 0.102. The van der Waals surface area contributed by atoms with Crippen molar-refractivity contribution in [2.45, 2.75) is 26.3 Å². The molecule has 1 amide bonds. The lowest BCUT2D eigenvalue weighted by atomic mass is 9.80. The van der Waals surface area contributed by atoms with Crippen LogP contribution in [0.1, 0.15) is 25.3 Å². The number of nitrogens with one attached hydrogen (secondary N) is 1. The average molecular weight is 275 g/mol. The Morgan fingerprint density at radius 3 is 2.55 bits per heavy atom. The molecule has 0 radical (unpaired) electrons. The second-order valence-electron chi connectivity index (χ2n) is 6.05. The molecular formula is C16H25N3O. The molecular weight excluding hydrogens is 250 g/mol. The van der Waals surface area contributed by atoms with Crippen LogP contribution >= 0.6 is 0 Å². The summed E-state index contributed by atoms with van der Waals surface area (Å²) >= 11 is 0. The molecule has 0 aliphatic carbocycles. The van der Waals surface area contributed by atoms with E-state index in [0.717, 1.165) is 38.0 Å². The van der Waals surface area contributed by atoms with Gasteiger partial charge < -0.3 is 11.1 Å². The van der Waals surface area contributed by atoms with Crippen LogP contribution in [0.5, 0.6) is 0 Å². The number of benzene rings is 1. The normalized spacial score (nSPS) is 18.7. The lowest BCUT2D eigenvalue weighted by Crippen LogP contribution is -2.45. The lowest BCUT2D eigenvalue weighted by Gasteiger charge is -2.38. The summed E-state index contributed by atoms with van der Waals surface area (Å²) in [6.45, 7) is 6.00. The van der Waals surface area contributed by atoms with Crippen LogP contribution in [0.2, 0.25) is 0 Å². The van der Waals surface area contributed by atoms with Crippen LogP contribution in [0.4, 0.5) is 0 Å². The molecule has 1 aliphatic rings. The molecule has 1 aromatic carbocycles. The van der Waals surface area contributed by atoms with Crippen molar-refractivity contribution in [3.63, 3.8) is 0 Å². The monoisotopic (exact) mass is 275 g/mol. The van der Waals surface area contributed by atoms with E-state index < -0.39 is 0 Å². The summed E-state index contributed by atoms with van der Waals surface area (Å²) < 4.78 is 0. The van der Waals surface area contributed by atoms with Crippen molar-refractivity contribution in [2.24, 2.45) is 11.1 Å². The summed E-state index contributed by atoms with van der Waals surface area (Å²) in [7, 11) is 0. The SMILES string of the molecule is CC1(CN)CCN(CC(=O)NCc2ccccc2)CC1. The molecule has 0 bridgehead atoms. The Balaban J connectivity index is 1.70. The number of nitrogens with zero attached hydrogens (tertiary/aromatic N) is 1. The van der Waals surface area contributed by atoms with Gasteiger partial charge in [-0.2, -0.15) is 0 Å². The molecule has 0 spiro atoms. The van der Waals surface area contributed by atoms with E-state index in [2.05, 4.69) is 17.1 Å². The minimum absolute atomic E-state index is 0.102. The summed E-state index contributed by atoms with van der Waals surface area (Å²) in [6.07, 6.45) is 2.16. The Kier molecular flexibility index (Phi) is 5.15. The largest absolute Gasteiger partial charge is 0.351 e. The van der Waals surface area contributed by atoms with Crippen LogP contribution in [0.15, 0.2) is 30.3 Å². The molecule has 1 aromatic rings. The number of carbonyl (C=O) groups is 1. The Bertz CT molecular complexity index is 425. The molecule has 20 heavy (non-hydrogen) atoms. The molecule has 4 heteroatoms. The second-order valence-corrected chi connectivity index (χ2v) is 6.05. The van der Waals surface area contributed by atoms with Gasteiger partial charge in [-0.25, -0.2) is 0 Å². The zero-order chi connectivity index (χ0) is 14.4. The van der Waals surface area contributed by atoms with E-state index in [1.54, 1.807) is 0 Å². The maximum Gasteiger partial charge on any atom is 0.234 e. The molecule has 3 N–H and O–H groups in total. The molecule has 4 nitrogen and oxygen atoms in total. The van der Waals surface area contributed by atoms with Crippen LogP contribution < -0.4 is 11.1 Å². The Labute approximate surface area is 121 Å². The molecule has 1 saturated heterocycles. The van der Waals surface area contributed by atoms with Gasteiger partial charge >= 0.3 is 0 Å². The molecule has 1 fully saturated rings. The highest BCUT2D eigenvalue weighted by atomic mass is 16.2. The molecule has 1 heterocycles. The van der Waals surface area contributed by atoms with Crippen LogP contribution in [0, 0.1) is 5.41 Å². The fraction of sp³-hybridized carbons (Fsp3) is 0.562. The number of carbonyl (C=O) groups excluding carboxylic acids is 1. The van der Waals surface area contributed by atoms with E-state index in [-0.39, 0.29) is 11.3 Å². The molecule has 2 rings (SSSR count). The predicted octanol–water partition coefficient (Wildman–Crippen LogP) is 1.36. The standard InChI is InChI=1S/C16H25N3O/c1-16(13-17)7-9-19(10-8-16)12-15(20)18-11-14-5-3-2-4-6-14/h2-6H,7-13,17H2,1H3,(H,18,20). The van der Waals surface area contributed by atoms with Crippen molar-refractivity contribution in [3.8, 4) is 0 Å². The van der Waals surface area contributed by atoms with E-state index >= 15 is 0 Å². The van der Waals surface area contributed by atoms with Gasteiger partial charge in [-0.15, -0.1) is 0 Å². The fourth-order valence-corrected chi connectivity index (χ4v) is 2.51. The highest BCUT2D eigenvalue weighted by Gasteiger charge is 2.29. The van der Waals surface area contributed by atoms with Crippen molar-refractivity contribution in [3.05, 3.63) is 35.9 Å². The second kappa shape index (κ2) is 6.86. The number of piperidine rings is 1. The van der Waals surface area contributed by atoms with E-state index in [9.17, 15) is 4.79 Å². The first-order chi connectivity index (χ1) is 9.61. The van der Waals surface area contributed by atoms with Gasteiger partial charge in [0.05, 0.1) is 6.54 Å². The molecule has 0 aromatic heterocycles.